The highest BCUT2D eigenvalue weighted by Gasteiger charge is 2.46. The van der Waals surface area contributed by atoms with Crippen molar-refractivity contribution in [2.24, 2.45) is 0 Å². The monoisotopic (exact) mass is 516 g/mol. The summed E-state index contributed by atoms with van der Waals surface area (Å²) in [5, 5.41) is 10.9. The number of aliphatic hydroxyl groups excluding tert-OH is 1. The Balaban J connectivity index is 1.75. The molecule has 0 aliphatic carbocycles. The van der Waals surface area contributed by atoms with Crippen molar-refractivity contribution in [2.45, 2.75) is 42.8 Å². The molecule has 34 heavy (non-hydrogen) atoms. The number of aliphatic hydroxyl groups is 1. The summed E-state index contributed by atoms with van der Waals surface area (Å²) in [4.78, 5) is 27.7. The van der Waals surface area contributed by atoms with E-state index >= 15 is 0 Å². The quantitative estimate of drug-likeness (QED) is 0.313. The molecule has 11 nitrogen and oxygen atoms in total. The van der Waals surface area contributed by atoms with Crippen molar-refractivity contribution < 1.29 is 32.6 Å². The van der Waals surface area contributed by atoms with Gasteiger partial charge >= 0.3 is 19.4 Å². The Kier molecular flexibility index (Phi) is 8.72. The summed E-state index contributed by atoms with van der Waals surface area (Å²) in [6, 6.07) is 8.42. The third-order valence-electron chi connectivity index (χ3n) is 4.79. The maximum Gasteiger partial charge on any atom is 0.459 e. The summed E-state index contributed by atoms with van der Waals surface area (Å²) < 4.78 is 45.3. The van der Waals surface area contributed by atoms with E-state index < -0.39 is 55.0 Å². The Morgan fingerprint density at radius 1 is 1.38 bits per heavy atom. The number of carbonyl (C=O) groups excluding carboxylic acids is 1. The number of nitrogens with two attached hydrogens (primary N) is 1. The molecule has 1 aliphatic heterocycles. The highest BCUT2D eigenvalue weighted by Crippen LogP contribution is 2.48. The molecule has 0 spiro atoms. The first-order valence-electron chi connectivity index (χ1n) is 10.4. The van der Waals surface area contributed by atoms with Crippen molar-refractivity contribution >= 4 is 31.3 Å². The number of nitrogens with one attached hydrogen (secondary N) is 1. The number of aromatic nitrogens is 2. The minimum atomic E-state index is -4.18. The first-order chi connectivity index (χ1) is 16.1. The van der Waals surface area contributed by atoms with Crippen molar-refractivity contribution in [3.8, 4) is 5.75 Å². The Morgan fingerprint density at radius 2 is 2.09 bits per heavy atom. The van der Waals surface area contributed by atoms with Gasteiger partial charge in [0, 0.05) is 6.20 Å². The van der Waals surface area contributed by atoms with E-state index in [0.717, 1.165) is 16.3 Å². The van der Waals surface area contributed by atoms with E-state index in [0.29, 0.717) is 0 Å². The maximum atomic E-state index is 14.8. The second-order valence-corrected chi connectivity index (χ2v) is 10.4. The Labute approximate surface area is 199 Å². The van der Waals surface area contributed by atoms with Gasteiger partial charge in [-0.3, -0.25) is 13.9 Å². The molecule has 3 rings (SSSR count). The molecule has 14 heteroatoms. The van der Waals surface area contributed by atoms with Crippen LogP contribution in [-0.2, 0) is 18.6 Å². The highest BCUT2D eigenvalue weighted by atomic mass is 32.2. The number of benzene rings is 1. The number of halogens is 1. The second kappa shape index (κ2) is 11.3. The lowest BCUT2D eigenvalue weighted by Gasteiger charge is -2.24. The number of alkyl halides is 1. The van der Waals surface area contributed by atoms with Gasteiger partial charge in [0.25, 0.3) is 0 Å². The lowest BCUT2D eigenvalue weighted by atomic mass is 10.1. The van der Waals surface area contributed by atoms with Crippen LogP contribution in [0.3, 0.4) is 0 Å². The largest absolute Gasteiger partial charge is 0.465 e. The summed E-state index contributed by atoms with van der Waals surface area (Å²) in [6.07, 6.45) is -2.08. The zero-order valence-corrected chi connectivity index (χ0v) is 20.2. The van der Waals surface area contributed by atoms with Crippen LogP contribution in [0.4, 0.5) is 10.2 Å². The van der Waals surface area contributed by atoms with Crippen LogP contribution in [0.2, 0.25) is 0 Å². The summed E-state index contributed by atoms with van der Waals surface area (Å²) in [7, 11) is -4.18. The van der Waals surface area contributed by atoms with Crippen molar-refractivity contribution in [2.75, 3.05) is 18.9 Å². The average molecular weight is 516 g/mol. The molecule has 1 fully saturated rings. The molecule has 1 aromatic heterocycles. The van der Waals surface area contributed by atoms with Gasteiger partial charge in [-0.25, -0.2) is 13.8 Å². The van der Waals surface area contributed by atoms with Crippen molar-refractivity contribution in [3.63, 3.8) is 0 Å². The molecule has 0 bridgehead atoms. The Hall–Kier alpha value is -2.44. The van der Waals surface area contributed by atoms with Crippen LogP contribution in [0.15, 0.2) is 47.4 Å². The zero-order chi connectivity index (χ0) is 24.9. The van der Waals surface area contributed by atoms with Gasteiger partial charge in [-0.15, -0.1) is 11.8 Å². The summed E-state index contributed by atoms with van der Waals surface area (Å²) in [5.74, 6) is -0.479. The molecule has 0 amide bonds. The van der Waals surface area contributed by atoms with Crippen LogP contribution in [0, 0.1) is 0 Å². The molecule has 4 N–H and O–H groups in total. The van der Waals surface area contributed by atoms with Gasteiger partial charge in [-0.1, -0.05) is 18.2 Å². The molecular formula is C20H26FN4O7PS. The minimum Gasteiger partial charge on any atom is -0.465 e. The number of rotatable bonds is 10. The van der Waals surface area contributed by atoms with E-state index in [1.54, 1.807) is 37.3 Å². The first-order valence-corrected chi connectivity index (χ1v) is 12.9. The maximum absolute atomic E-state index is 14.8. The minimum absolute atomic E-state index is 0.0131. The number of anilines is 1. The lowest BCUT2D eigenvalue weighted by Crippen LogP contribution is -2.36. The molecule has 1 aromatic carbocycles. The van der Waals surface area contributed by atoms with Gasteiger partial charge in [0.15, 0.2) is 6.17 Å². The van der Waals surface area contributed by atoms with Crippen LogP contribution in [-0.4, -0.2) is 57.4 Å². The SMILES string of the molecule is CCOC(=O)[C@H](C)NP(=O)(OC[C@H]1S[C@H](n2ccc(N)nc2=O)[C@@H](F)[C@@H]1O)Oc1ccccc1. The van der Waals surface area contributed by atoms with Crippen molar-refractivity contribution in [1.29, 1.82) is 0 Å². The molecule has 1 unspecified atom stereocenters. The predicted molar refractivity (Wildman–Crippen MR) is 124 cm³/mol. The van der Waals surface area contributed by atoms with Gasteiger partial charge in [-0.05, 0) is 32.0 Å². The number of nitrogen functional groups attached to an aromatic ring is 1. The number of nitrogens with zero attached hydrogens (tertiary/aromatic N) is 2. The number of ether oxygens (including phenoxy) is 1. The van der Waals surface area contributed by atoms with E-state index in [2.05, 4.69) is 10.1 Å². The molecule has 0 saturated carbocycles. The summed E-state index contributed by atoms with van der Waals surface area (Å²) in [6.45, 7) is 2.77. The van der Waals surface area contributed by atoms with E-state index in [1.807, 2.05) is 0 Å². The Morgan fingerprint density at radius 3 is 2.74 bits per heavy atom. The van der Waals surface area contributed by atoms with Gasteiger partial charge in [0.2, 0.25) is 0 Å². The molecule has 2 heterocycles. The standard InChI is InChI=1S/C20H26FN4O7PS/c1-3-30-19(27)12(2)24-33(29,32-13-7-5-4-6-8-13)31-11-14-17(26)16(21)18(34-14)25-10-9-15(22)23-20(25)28/h4-10,12,14,16-18,26H,3,11H2,1-2H3,(H,24,29)(H2,22,23,28)/t12-,14+,16-,17+,18-,33?/m0/s1. The number of thioether (sulfide) groups is 1. The molecule has 0 radical (unpaired) electrons. The topological polar surface area (TPSA) is 155 Å². The highest BCUT2D eigenvalue weighted by molar-refractivity contribution is 8.00. The van der Waals surface area contributed by atoms with Gasteiger partial charge in [0.05, 0.1) is 18.5 Å². The van der Waals surface area contributed by atoms with Crippen LogP contribution in [0.5, 0.6) is 5.75 Å². The van der Waals surface area contributed by atoms with Crippen LogP contribution >= 0.6 is 19.5 Å². The van der Waals surface area contributed by atoms with Crippen molar-refractivity contribution in [1.82, 2.24) is 14.6 Å². The van der Waals surface area contributed by atoms with Crippen LogP contribution in [0.25, 0.3) is 0 Å². The Bertz CT molecular complexity index is 1090. The fourth-order valence-electron chi connectivity index (χ4n) is 3.12. The van der Waals surface area contributed by atoms with Crippen LogP contribution in [0.1, 0.15) is 19.2 Å². The number of carbonyl (C=O) groups is 1. The molecule has 2 aromatic rings. The number of esters is 1. The molecule has 186 valence electrons. The first kappa shape index (κ1) is 26.2. The van der Waals surface area contributed by atoms with Gasteiger partial charge in [-0.2, -0.15) is 10.1 Å². The fourth-order valence-corrected chi connectivity index (χ4v) is 6.16. The predicted octanol–water partition coefficient (Wildman–Crippen LogP) is 1.88. The van der Waals surface area contributed by atoms with E-state index in [-0.39, 0.29) is 18.2 Å². The summed E-state index contributed by atoms with van der Waals surface area (Å²) in [5.41, 5.74) is 4.71. The van der Waals surface area contributed by atoms with Gasteiger partial charge in [0.1, 0.15) is 29.1 Å². The van der Waals surface area contributed by atoms with E-state index in [9.17, 15) is 23.7 Å². The number of hydrogen-bond donors (Lipinski definition) is 3. The van der Waals surface area contributed by atoms with E-state index in [1.165, 1.54) is 19.2 Å². The third kappa shape index (κ3) is 6.36. The zero-order valence-electron chi connectivity index (χ0n) is 18.4. The molecule has 6 atom stereocenters. The average Bonchev–Trinajstić information content (AvgIpc) is 3.07. The molecular weight excluding hydrogens is 490 g/mol. The smallest absolute Gasteiger partial charge is 0.459 e. The lowest BCUT2D eigenvalue weighted by molar-refractivity contribution is -0.144. The summed E-state index contributed by atoms with van der Waals surface area (Å²) >= 11 is 0.916. The molecule has 1 aliphatic rings. The second-order valence-electron chi connectivity index (χ2n) is 7.34. The number of hydrogen-bond acceptors (Lipinski definition) is 10. The van der Waals surface area contributed by atoms with Crippen molar-refractivity contribution in [3.05, 3.63) is 53.1 Å². The van der Waals surface area contributed by atoms with Gasteiger partial charge < -0.3 is 20.1 Å². The fraction of sp³-hybridized carbons (Fsp3) is 0.450. The molecule has 1 saturated heterocycles. The van der Waals surface area contributed by atoms with Crippen LogP contribution < -0.4 is 21.0 Å². The third-order valence-corrected chi connectivity index (χ3v) is 7.96. The van der Waals surface area contributed by atoms with E-state index in [4.69, 9.17) is 19.5 Å². The number of para-hydroxylation sites is 1. The normalized spacial score (nSPS) is 24.8.